The Labute approximate surface area is 643 Å². The largest absolute Gasteiger partial charge is 0.459 e. The predicted octanol–water partition coefficient (Wildman–Crippen LogP) is 7.59. The van der Waals surface area contributed by atoms with Gasteiger partial charge in [0.2, 0.25) is 53.2 Å². The third kappa shape index (κ3) is 26.3. The molecule has 14 atom stereocenters. The number of rotatable bonds is 21. The Balaban J connectivity index is 2.32. The molecule has 3 rings (SSSR count). The van der Waals surface area contributed by atoms with Crippen molar-refractivity contribution in [1.82, 2.24) is 49.4 Å². The van der Waals surface area contributed by atoms with Crippen LogP contribution in [0.25, 0.3) is 0 Å². The van der Waals surface area contributed by atoms with E-state index in [0.717, 1.165) is 22.3 Å². The van der Waals surface area contributed by atoms with Crippen LogP contribution < -0.4 is 5.32 Å². The number of nitrogens with one attached hydrogen (secondary N) is 1. The number of carbonyl (C=O) groups excluding carboxylic acids is 14. The van der Waals surface area contributed by atoms with Crippen molar-refractivity contribution in [3.8, 4) is 0 Å². The SMILES string of the molecule is C/C=C/C[C@@H](C)[C@@H](OC(C)=O)[C@H]1C(=O)N[C@@H](CC)C(=O)N(C)[C@H](C)C(=O)N(C)[C@@H]([C@H](C)COCC(=O)N2CCN(C(=O)OCc3ccccc3)CC2)C(=O)C[C@@H](C(C)C)C(=O)N(C)[C@@H](CC(C)C)C(=O)C[C@@H](C)C(=O)C[C@H](C)C(=O)N(C)[C@@H](CC(C)C)C(=O)N(C)[C@@H](CC(C)C)C(=O)N(C)[C@@H](C(C)C)C(=O)N1C. The molecule has 1 N–H and O–H groups in total. The number of amides is 10. The van der Waals surface area contributed by atoms with Crippen LogP contribution in [0.1, 0.15) is 182 Å². The molecule has 10 amide bonds. The number of ketones is 3. The average Bonchev–Trinajstić information content (AvgIpc) is 0.795. The smallest absolute Gasteiger partial charge is 0.410 e. The van der Waals surface area contributed by atoms with Crippen LogP contribution in [0.2, 0.25) is 0 Å². The molecule has 0 bridgehead atoms. The third-order valence-corrected chi connectivity index (χ3v) is 21.2. The zero-order chi connectivity index (χ0) is 82.2. The average molecular weight is 1520 g/mol. The molecule has 0 unspecified atom stereocenters. The second kappa shape index (κ2) is 43.9. The van der Waals surface area contributed by atoms with Crippen molar-refractivity contribution in [2.45, 2.75) is 237 Å². The van der Waals surface area contributed by atoms with E-state index < -0.39 is 191 Å². The quantitative estimate of drug-likeness (QED) is 0.0915. The number of esters is 1. The van der Waals surface area contributed by atoms with Crippen LogP contribution >= 0.6 is 0 Å². The molecule has 27 nitrogen and oxygen atoms in total. The Hall–Kier alpha value is -8.10. The van der Waals surface area contributed by atoms with Crippen LogP contribution in [-0.2, 0) is 83.1 Å². The predicted molar refractivity (Wildman–Crippen MR) is 411 cm³/mol. The molecule has 2 saturated heterocycles. The summed E-state index contributed by atoms with van der Waals surface area (Å²) in [6, 6.07) is -1.28. The molecule has 0 radical (unpaired) electrons. The van der Waals surface area contributed by atoms with Crippen LogP contribution in [0.5, 0.6) is 0 Å². The topological polar surface area (TPSA) is 308 Å². The lowest BCUT2D eigenvalue weighted by Crippen LogP contribution is -2.64. The lowest BCUT2D eigenvalue weighted by atomic mass is 9.83. The molecule has 0 aliphatic carbocycles. The number of benzene rings is 1. The summed E-state index contributed by atoms with van der Waals surface area (Å²) in [6.45, 7) is 30.9. The van der Waals surface area contributed by atoms with Crippen molar-refractivity contribution in [2.24, 2.45) is 59.2 Å². The lowest BCUT2D eigenvalue weighted by molar-refractivity contribution is -0.164. The number of allylic oxidation sites excluding steroid dienone is 2. The highest BCUT2D eigenvalue weighted by Gasteiger charge is 2.48. The highest BCUT2D eigenvalue weighted by molar-refractivity contribution is 6.00. The number of likely N-dealkylation sites (N-methyl/N-ethyl adjacent to an activating group) is 7. The highest BCUT2D eigenvalue weighted by atomic mass is 16.6. The summed E-state index contributed by atoms with van der Waals surface area (Å²) in [7, 11) is 9.95. The van der Waals surface area contributed by atoms with E-state index in [1.54, 1.807) is 86.3 Å². The van der Waals surface area contributed by atoms with Crippen molar-refractivity contribution in [1.29, 1.82) is 0 Å². The minimum absolute atomic E-state index is 0.0657. The molecule has 27 heteroatoms. The Kier molecular flexibility index (Phi) is 38.3. The van der Waals surface area contributed by atoms with Gasteiger partial charge in [0.1, 0.15) is 61.4 Å². The van der Waals surface area contributed by atoms with Crippen molar-refractivity contribution in [3.05, 3.63) is 48.0 Å². The second-order valence-corrected chi connectivity index (χ2v) is 32.2. The van der Waals surface area contributed by atoms with Crippen molar-refractivity contribution in [2.75, 3.05) is 88.7 Å². The summed E-state index contributed by atoms with van der Waals surface area (Å²) in [5.41, 5.74) is 0.821. The van der Waals surface area contributed by atoms with Gasteiger partial charge in [0.05, 0.1) is 18.7 Å². The van der Waals surface area contributed by atoms with Crippen molar-refractivity contribution < 1.29 is 81.3 Å². The zero-order valence-corrected chi connectivity index (χ0v) is 69.6. The van der Waals surface area contributed by atoms with Crippen molar-refractivity contribution >= 4 is 82.6 Å². The van der Waals surface area contributed by atoms with Crippen LogP contribution in [0, 0.1) is 59.2 Å². The first-order chi connectivity index (χ1) is 50.4. The number of Topliss-reactive ketones (excluding diaryl/α,β-unsaturated/α-hetero) is 3. The second-order valence-electron chi connectivity index (χ2n) is 32.2. The molecule has 0 aromatic heterocycles. The normalized spacial score (nSPS) is 25.6. The van der Waals surface area contributed by atoms with Gasteiger partial charge in [-0.15, -0.1) is 0 Å². The maximum absolute atomic E-state index is 15.6. The van der Waals surface area contributed by atoms with Gasteiger partial charge < -0.3 is 63.6 Å². The first kappa shape index (κ1) is 94.1. The molecule has 0 saturated carbocycles. The van der Waals surface area contributed by atoms with Crippen LogP contribution in [-0.4, -0.2) is 270 Å². The Morgan fingerprint density at radius 2 is 1.02 bits per heavy atom. The Morgan fingerprint density at radius 3 is 1.53 bits per heavy atom. The molecule has 1 aromatic rings. The van der Waals surface area contributed by atoms with E-state index in [-0.39, 0.29) is 102 Å². The Morgan fingerprint density at radius 1 is 0.528 bits per heavy atom. The fourth-order valence-corrected chi connectivity index (χ4v) is 14.4. The van der Waals surface area contributed by atoms with Crippen LogP contribution in [0.4, 0.5) is 4.79 Å². The molecule has 108 heavy (non-hydrogen) atoms. The monoisotopic (exact) mass is 1520 g/mol. The first-order valence-electron chi connectivity index (χ1n) is 38.7. The fraction of sp³-hybridized carbons (Fsp3) is 0.728. The van der Waals surface area contributed by atoms with Gasteiger partial charge in [-0.2, -0.15) is 0 Å². The number of hydrogen-bond acceptors (Lipinski definition) is 17. The lowest BCUT2D eigenvalue weighted by Gasteiger charge is -2.42. The van der Waals surface area contributed by atoms with Gasteiger partial charge >= 0.3 is 12.1 Å². The molecule has 0 spiro atoms. The molecule has 1 aromatic carbocycles. The van der Waals surface area contributed by atoms with Crippen LogP contribution in [0.15, 0.2) is 42.5 Å². The summed E-state index contributed by atoms with van der Waals surface area (Å²) in [4.78, 5) is 218. The summed E-state index contributed by atoms with van der Waals surface area (Å²) < 4.78 is 17.6. The van der Waals surface area contributed by atoms with E-state index >= 15 is 38.4 Å². The van der Waals surface area contributed by atoms with E-state index in [4.69, 9.17) is 14.2 Å². The summed E-state index contributed by atoms with van der Waals surface area (Å²) in [5, 5.41) is 2.82. The van der Waals surface area contributed by atoms with Gasteiger partial charge in [0, 0.05) is 125 Å². The number of piperazine rings is 1. The van der Waals surface area contributed by atoms with E-state index in [9.17, 15) is 28.8 Å². The van der Waals surface area contributed by atoms with E-state index in [1.165, 1.54) is 85.7 Å². The van der Waals surface area contributed by atoms with Gasteiger partial charge in [0.25, 0.3) is 0 Å². The van der Waals surface area contributed by atoms with Gasteiger partial charge in [-0.1, -0.05) is 146 Å². The minimum atomic E-state index is -1.66. The van der Waals surface area contributed by atoms with E-state index in [0.29, 0.717) is 0 Å². The maximum Gasteiger partial charge on any atom is 0.410 e. The van der Waals surface area contributed by atoms with Gasteiger partial charge in [-0.25, -0.2) is 4.79 Å². The standard InChI is InChI=1S/C81H132N10O17/c1-26-28-32-53(13)72(108-58(18)92)71-73(97)82-61(27-2)77(101)83(19)57(17)75(99)88(24)70(56(16)45-106-47-68(96)90-35-37-91(38-36-90)81(105)107-46-59-33-30-29-31-34-59)67(95)44-60(51(9)10)76(100)84(20)62(39-48(3)4)66(94)42-54(14)65(93)43-55(15)74(98)85(21)63(40-49(5)6)78(102)86(22)64(41-50(7)8)79(103)87(23)69(52(11)12)80(104)89(71)25/h26,28-31,33-34,48-57,60-64,69-72H,27,32,35-47H2,1-25H3,(H,82,97)/b28-26+/t53-,54-,55+,56-,57-,60+,61+,62+,63+,64+,69+,70+,71+,72-/m1/s1. The van der Waals surface area contributed by atoms with Gasteiger partial charge in [-0.05, 0) is 87.0 Å². The van der Waals surface area contributed by atoms with Gasteiger partial charge in [-0.3, -0.25) is 62.3 Å². The van der Waals surface area contributed by atoms with Crippen molar-refractivity contribution in [3.63, 3.8) is 0 Å². The molecule has 2 fully saturated rings. The summed E-state index contributed by atoms with van der Waals surface area (Å²) in [5.74, 6) is -14.3. The number of carbonyl (C=O) groups is 14. The number of hydrogen-bond donors (Lipinski definition) is 1. The molecular weight excluding hydrogens is 1380 g/mol. The fourth-order valence-electron chi connectivity index (χ4n) is 14.4. The molecule has 2 heterocycles. The molecule has 2 aliphatic heterocycles. The molecule has 608 valence electrons. The summed E-state index contributed by atoms with van der Waals surface area (Å²) in [6.07, 6.45) is 1.32. The summed E-state index contributed by atoms with van der Waals surface area (Å²) >= 11 is 0. The first-order valence-corrected chi connectivity index (χ1v) is 38.7. The van der Waals surface area contributed by atoms with Gasteiger partial charge in [0.15, 0.2) is 11.6 Å². The molecular formula is C81H132N10O17. The zero-order valence-electron chi connectivity index (χ0n) is 69.6. The maximum atomic E-state index is 15.6. The Bertz CT molecular complexity index is 3260. The van der Waals surface area contributed by atoms with E-state index in [2.05, 4.69) is 5.32 Å². The highest BCUT2D eigenvalue weighted by Crippen LogP contribution is 2.31. The number of ether oxygens (including phenoxy) is 3. The number of nitrogens with zero attached hydrogens (tertiary/aromatic N) is 9. The van der Waals surface area contributed by atoms with E-state index in [1.807, 2.05) is 71.9 Å². The molecule has 2 aliphatic rings. The third-order valence-electron chi connectivity index (χ3n) is 21.2. The minimum Gasteiger partial charge on any atom is -0.459 e. The van der Waals surface area contributed by atoms with Crippen LogP contribution in [0.3, 0.4) is 0 Å².